The molecule has 0 bridgehead atoms. The zero-order chi connectivity index (χ0) is 29.8. The average Bonchev–Trinajstić information content (AvgIpc) is 3.25. The normalized spacial score (nSPS) is 31.7. The van der Waals surface area contributed by atoms with E-state index in [1.165, 1.54) is 6.92 Å². The largest absolute Gasteiger partial charge is 0.457 e. The van der Waals surface area contributed by atoms with E-state index in [-0.39, 0.29) is 48.8 Å². The zero-order valence-corrected chi connectivity index (χ0v) is 26.3. The highest BCUT2D eigenvalue weighted by atomic mass is 16.7. The lowest BCUT2D eigenvalue weighted by atomic mass is 9.73. The molecule has 2 aliphatic heterocycles. The number of carbonyl (C=O) groups is 3. The van der Waals surface area contributed by atoms with Gasteiger partial charge in [0.1, 0.15) is 11.1 Å². The van der Waals surface area contributed by atoms with Gasteiger partial charge in [-0.05, 0) is 113 Å². The predicted octanol–water partition coefficient (Wildman–Crippen LogP) is 4.54. The molecule has 3 fully saturated rings. The molecule has 5 atom stereocenters. The minimum Gasteiger partial charge on any atom is -0.444 e. The van der Waals surface area contributed by atoms with E-state index in [9.17, 15) is 14.4 Å². The van der Waals surface area contributed by atoms with E-state index in [1.807, 2.05) is 76.2 Å². The smallest absolute Gasteiger partial charge is 0.444 e. The van der Waals surface area contributed by atoms with Gasteiger partial charge in [0.05, 0.1) is 11.2 Å². The number of nitrogens with one attached hydrogen (secondary N) is 2. The maximum Gasteiger partial charge on any atom is 0.457 e. The molecule has 0 aromatic heterocycles. The Bertz CT molecular complexity index is 940. The van der Waals surface area contributed by atoms with Crippen LogP contribution < -0.4 is 10.6 Å². The first-order valence-electron chi connectivity index (χ1n) is 14.6. The van der Waals surface area contributed by atoms with Crippen LogP contribution in [0.4, 0.5) is 4.79 Å². The van der Waals surface area contributed by atoms with Crippen molar-refractivity contribution >= 4 is 25.0 Å². The number of hydrogen-bond acceptors (Lipinski definition) is 6. The SMILES string of the molecule is CC(=O)NC1(C(=O)NC(C)(C)C)C[C@H]2CN(C(=O)OC(C)(C)C)C(C)C2[C@@H]1CCCB1OC(C)(C)C(C)(C)O1. The van der Waals surface area contributed by atoms with E-state index < -0.39 is 27.9 Å². The second-order valence-corrected chi connectivity index (χ2v) is 15.0. The van der Waals surface area contributed by atoms with Gasteiger partial charge in [0.15, 0.2) is 0 Å². The molecule has 1 aliphatic carbocycles. The Morgan fingerprint density at radius 3 is 2.08 bits per heavy atom. The van der Waals surface area contributed by atoms with Gasteiger partial charge in [-0.15, -0.1) is 0 Å². The van der Waals surface area contributed by atoms with E-state index >= 15 is 0 Å². The topological polar surface area (TPSA) is 106 Å². The van der Waals surface area contributed by atoms with Crippen molar-refractivity contribution in [1.82, 2.24) is 15.5 Å². The molecule has 10 heteroatoms. The quantitative estimate of drug-likeness (QED) is 0.472. The Labute approximate surface area is 236 Å². The standard InChI is InChI=1S/C29H52BN3O6/c1-18-22-20(17-33(18)24(36)37-26(6,7)8)16-29(31-19(2)34,23(35)32-25(3,4)5)21(22)14-13-15-30-38-27(9,10)28(11,12)39-30/h18,20-22H,13-17H2,1-12H3,(H,31,34)(H,32,35)/t18?,20-,21-,22?,29?/m0/s1. The van der Waals surface area contributed by atoms with E-state index in [0.29, 0.717) is 25.7 Å². The third kappa shape index (κ3) is 6.75. The summed E-state index contributed by atoms with van der Waals surface area (Å²) in [5.41, 5.74) is -2.92. The molecule has 0 spiro atoms. The lowest BCUT2D eigenvalue weighted by Crippen LogP contribution is -2.64. The van der Waals surface area contributed by atoms with Crippen LogP contribution in [-0.2, 0) is 23.6 Å². The highest BCUT2D eigenvalue weighted by molar-refractivity contribution is 6.45. The number of likely N-dealkylation sites (tertiary alicyclic amines) is 1. The van der Waals surface area contributed by atoms with E-state index in [0.717, 1.165) is 6.42 Å². The summed E-state index contributed by atoms with van der Waals surface area (Å²) in [6.45, 7) is 23.6. The van der Waals surface area contributed by atoms with E-state index in [4.69, 9.17) is 14.0 Å². The highest BCUT2D eigenvalue weighted by Crippen LogP contribution is 2.53. The monoisotopic (exact) mass is 549 g/mol. The van der Waals surface area contributed by atoms with Crippen molar-refractivity contribution < 1.29 is 28.4 Å². The summed E-state index contributed by atoms with van der Waals surface area (Å²) in [6, 6.07) is -0.134. The molecule has 3 amide bonds. The molecule has 1 saturated carbocycles. The van der Waals surface area contributed by atoms with Crippen LogP contribution in [0.2, 0.25) is 6.32 Å². The van der Waals surface area contributed by atoms with Crippen molar-refractivity contribution in [1.29, 1.82) is 0 Å². The van der Waals surface area contributed by atoms with Crippen LogP contribution in [0.15, 0.2) is 0 Å². The van der Waals surface area contributed by atoms with Crippen LogP contribution in [-0.4, -0.2) is 70.4 Å². The zero-order valence-electron chi connectivity index (χ0n) is 26.3. The minimum absolute atomic E-state index is 0.0355. The van der Waals surface area contributed by atoms with Crippen LogP contribution >= 0.6 is 0 Å². The molecule has 39 heavy (non-hydrogen) atoms. The van der Waals surface area contributed by atoms with Gasteiger partial charge in [-0.3, -0.25) is 9.59 Å². The van der Waals surface area contributed by atoms with Crippen molar-refractivity contribution in [2.24, 2.45) is 17.8 Å². The number of nitrogens with zero attached hydrogens (tertiary/aromatic N) is 1. The molecule has 3 aliphatic rings. The van der Waals surface area contributed by atoms with Gasteiger partial charge in [0, 0.05) is 25.0 Å². The number of rotatable bonds is 6. The van der Waals surface area contributed by atoms with Gasteiger partial charge in [-0.1, -0.05) is 6.42 Å². The van der Waals surface area contributed by atoms with E-state index in [2.05, 4.69) is 10.6 Å². The fourth-order valence-corrected chi connectivity index (χ4v) is 6.72. The summed E-state index contributed by atoms with van der Waals surface area (Å²) < 4.78 is 18.2. The summed E-state index contributed by atoms with van der Waals surface area (Å²) in [4.78, 5) is 41.4. The van der Waals surface area contributed by atoms with Gasteiger partial charge in [-0.2, -0.15) is 0 Å². The van der Waals surface area contributed by atoms with Gasteiger partial charge in [0.2, 0.25) is 11.8 Å². The number of carbonyl (C=O) groups excluding carboxylic acids is 3. The van der Waals surface area contributed by atoms with Crippen LogP contribution in [0.25, 0.3) is 0 Å². The molecule has 2 N–H and O–H groups in total. The number of fused-ring (bicyclic) bond motifs is 1. The Morgan fingerprint density at radius 2 is 1.59 bits per heavy atom. The third-order valence-corrected chi connectivity index (χ3v) is 8.88. The maximum absolute atomic E-state index is 14.0. The molecule has 3 rings (SSSR count). The first-order valence-corrected chi connectivity index (χ1v) is 14.6. The second-order valence-electron chi connectivity index (χ2n) is 15.0. The van der Waals surface area contributed by atoms with Crippen molar-refractivity contribution in [3.05, 3.63) is 0 Å². The fourth-order valence-electron chi connectivity index (χ4n) is 6.72. The number of ether oxygens (including phenoxy) is 1. The van der Waals surface area contributed by atoms with Crippen molar-refractivity contribution in [3.63, 3.8) is 0 Å². The molecular weight excluding hydrogens is 497 g/mol. The number of amides is 3. The molecule has 2 saturated heterocycles. The summed E-state index contributed by atoms with van der Waals surface area (Å²) in [7, 11) is -0.329. The van der Waals surface area contributed by atoms with Crippen LogP contribution in [0.5, 0.6) is 0 Å². The molecule has 0 aromatic carbocycles. The molecule has 0 radical (unpaired) electrons. The molecule has 9 nitrogen and oxygen atoms in total. The van der Waals surface area contributed by atoms with Gasteiger partial charge < -0.3 is 29.6 Å². The first-order chi connectivity index (χ1) is 17.6. The lowest BCUT2D eigenvalue weighted by Gasteiger charge is -2.41. The molecule has 2 heterocycles. The van der Waals surface area contributed by atoms with Gasteiger partial charge in [0.25, 0.3) is 0 Å². The maximum atomic E-state index is 14.0. The summed E-state index contributed by atoms with van der Waals surface area (Å²) >= 11 is 0. The lowest BCUT2D eigenvalue weighted by molar-refractivity contribution is -0.136. The Balaban J connectivity index is 1.89. The van der Waals surface area contributed by atoms with Crippen molar-refractivity contribution in [2.75, 3.05) is 6.54 Å². The second kappa shape index (κ2) is 10.5. The van der Waals surface area contributed by atoms with Crippen molar-refractivity contribution in [3.8, 4) is 0 Å². The predicted molar refractivity (Wildman–Crippen MR) is 152 cm³/mol. The summed E-state index contributed by atoms with van der Waals surface area (Å²) in [5, 5.41) is 6.27. The summed E-state index contributed by atoms with van der Waals surface area (Å²) in [6.07, 6.45) is 2.28. The van der Waals surface area contributed by atoms with Crippen LogP contribution in [0, 0.1) is 17.8 Å². The average molecular weight is 550 g/mol. The van der Waals surface area contributed by atoms with Crippen molar-refractivity contribution in [2.45, 2.75) is 143 Å². The Morgan fingerprint density at radius 1 is 1.03 bits per heavy atom. The molecule has 3 unspecified atom stereocenters. The molecule has 222 valence electrons. The Hall–Kier alpha value is -1.81. The number of hydrogen-bond donors (Lipinski definition) is 2. The van der Waals surface area contributed by atoms with Crippen LogP contribution in [0.3, 0.4) is 0 Å². The first kappa shape index (κ1) is 31.7. The molecule has 0 aromatic rings. The fraction of sp³-hybridized carbons (Fsp3) is 0.897. The van der Waals surface area contributed by atoms with Gasteiger partial charge in [-0.25, -0.2) is 4.79 Å². The minimum atomic E-state index is -1.06. The highest BCUT2D eigenvalue weighted by Gasteiger charge is 2.63. The van der Waals surface area contributed by atoms with Crippen LogP contribution in [0.1, 0.15) is 102 Å². The Kier molecular flexibility index (Phi) is 8.58. The molecular formula is C29H52BN3O6. The third-order valence-electron chi connectivity index (χ3n) is 8.88. The summed E-state index contributed by atoms with van der Waals surface area (Å²) in [5.74, 6) is -0.457. The van der Waals surface area contributed by atoms with Gasteiger partial charge >= 0.3 is 13.2 Å². The van der Waals surface area contributed by atoms with E-state index in [1.54, 1.807) is 4.90 Å².